The average Bonchev–Trinajstić information content (AvgIpc) is 3.17. The molecule has 49 heavy (non-hydrogen) atoms. The molecule has 0 aliphatic heterocycles. The van der Waals surface area contributed by atoms with Crippen molar-refractivity contribution in [1.82, 2.24) is 0 Å². The van der Waals surface area contributed by atoms with Gasteiger partial charge in [0.05, 0.1) is 0 Å². The Labute approximate surface area is 297 Å². The molecule has 0 N–H and O–H groups in total. The predicted molar refractivity (Wildman–Crippen MR) is 221 cm³/mol. The molecule has 0 aliphatic carbocycles. The lowest BCUT2D eigenvalue weighted by molar-refractivity contribution is 1.14. The lowest BCUT2D eigenvalue weighted by Gasteiger charge is -2.17. The highest BCUT2D eigenvalue weighted by Gasteiger charge is 2.18. The van der Waals surface area contributed by atoms with E-state index in [9.17, 15) is 0 Å². The van der Waals surface area contributed by atoms with Crippen LogP contribution in [0.2, 0.25) is 6.82 Å². The summed E-state index contributed by atoms with van der Waals surface area (Å²) in [7, 11) is 0. The third-order valence-electron chi connectivity index (χ3n) is 9.03. The van der Waals surface area contributed by atoms with Crippen molar-refractivity contribution in [3.8, 4) is 33.4 Å². The van der Waals surface area contributed by atoms with Gasteiger partial charge in [0.1, 0.15) is 0 Å². The second-order valence-corrected chi connectivity index (χ2v) is 12.2. The summed E-state index contributed by atoms with van der Waals surface area (Å²) in [4.78, 5) is 0. The Balaban J connectivity index is 0.000000303. The summed E-state index contributed by atoms with van der Waals surface area (Å²) < 4.78 is 0. The molecule has 0 aromatic heterocycles. The molecule has 6 aromatic carbocycles. The van der Waals surface area contributed by atoms with Gasteiger partial charge in [-0.3, -0.25) is 0 Å². The van der Waals surface area contributed by atoms with Crippen LogP contribution in [0.3, 0.4) is 0 Å². The number of aryl methyl sites for hydroxylation is 3. The maximum absolute atomic E-state index is 3.98. The molecule has 0 nitrogen and oxygen atoms in total. The number of benzene rings is 6. The van der Waals surface area contributed by atoms with Gasteiger partial charge in [0.25, 0.3) is 0 Å². The average molecular weight is 639 g/mol. The van der Waals surface area contributed by atoms with Gasteiger partial charge in [-0.1, -0.05) is 197 Å². The Morgan fingerprint density at radius 3 is 1.78 bits per heavy atom. The van der Waals surface area contributed by atoms with E-state index in [1.165, 1.54) is 66.6 Å². The molecule has 0 unspecified atom stereocenters. The topological polar surface area (TPSA) is 0 Å². The number of allylic oxidation sites excluding steroid dienone is 3. The van der Waals surface area contributed by atoms with E-state index in [2.05, 4.69) is 180 Å². The van der Waals surface area contributed by atoms with E-state index >= 15 is 0 Å². The van der Waals surface area contributed by atoms with E-state index in [1.807, 2.05) is 32.9 Å². The number of rotatable bonds is 8. The van der Waals surface area contributed by atoms with Gasteiger partial charge in [0.15, 0.2) is 0 Å². The summed E-state index contributed by atoms with van der Waals surface area (Å²) >= 11 is 0. The van der Waals surface area contributed by atoms with Crippen molar-refractivity contribution in [1.29, 1.82) is 0 Å². The third-order valence-corrected chi connectivity index (χ3v) is 9.03. The van der Waals surface area contributed by atoms with Gasteiger partial charge in [0, 0.05) is 0 Å². The van der Waals surface area contributed by atoms with Crippen molar-refractivity contribution in [2.75, 3.05) is 0 Å². The smallest absolute Gasteiger partial charge is 0.0912 e. The van der Waals surface area contributed by atoms with Gasteiger partial charge in [-0.05, 0) is 94.5 Å². The fourth-order valence-corrected chi connectivity index (χ4v) is 6.12. The molecule has 0 atom stereocenters. The highest BCUT2D eigenvalue weighted by atomic mass is 14.1. The predicted octanol–water partition coefficient (Wildman–Crippen LogP) is 12.4. The molecule has 0 spiro atoms. The van der Waals surface area contributed by atoms with E-state index in [0.29, 0.717) is 6.71 Å². The molecular weight excluding hydrogens is 587 g/mol. The summed E-state index contributed by atoms with van der Waals surface area (Å²) in [5.74, 6) is 0. The van der Waals surface area contributed by atoms with Crippen LogP contribution in [0.5, 0.6) is 0 Å². The summed E-state index contributed by atoms with van der Waals surface area (Å²) in [5.41, 5.74) is 16.7. The van der Waals surface area contributed by atoms with Crippen molar-refractivity contribution < 1.29 is 0 Å². The van der Waals surface area contributed by atoms with Gasteiger partial charge in [-0.15, -0.1) is 0 Å². The Morgan fingerprint density at radius 2 is 1.14 bits per heavy atom. The molecule has 0 fully saturated rings. The van der Waals surface area contributed by atoms with E-state index in [4.69, 9.17) is 0 Å². The van der Waals surface area contributed by atoms with Crippen molar-refractivity contribution in [3.05, 3.63) is 187 Å². The lowest BCUT2D eigenvalue weighted by atomic mass is 9.41. The van der Waals surface area contributed by atoms with Crippen LogP contribution < -0.4 is 10.9 Å². The molecule has 0 radical (unpaired) electrons. The zero-order valence-corrected chi connectivity index (χ0v) is 30.5. The number of hydrogen-bond acceptors (Lipinski definition) is 0. The fraction of sp³-hybridized carbons (Fsp3) is 0.167. The molecule has 0 saturated heterocycles. The van der Waals surface area contributed by atoms with Crippen LogP contribution in [0.25, 0.3) is 39.0 Å². The molecule has 0 amide bonds. The lowest BCUT2D eigenvalue weighted by Crippen LogP contribution is -2.40. The Kier molecular flexibility index (Phi) is 13.8. The second kappa shape index (κ2) is 18.4. The van der Waals surface area contributed by atoms with Crippen molar-refractivity contribution in [3.63, 3.8) is 0 Å². The molecular formula is C48H51B. The van der Waals surface area contributed by atoms with Gasteiger partial charge < -0.3 is 0 Å². The minimum absolute atomic E-state index is 0.296. The molecule has 0 aliphatic rings. The summed E-state index contributed by atoms with van der Waals surface area (Å²) in [5, 5.41) is 0. The third kappa shape index (κ3) is 9.49. The first kappa shape index (κ1) is 36.7. The van der Waals surface area contributed by atoms with E-state index in [1.54, 1.807) is 0 Å². The normalized spacial score (nSPS) is 10.4. The Bertz CT molecular complexity index is 1940. The molecule has 6 rings (SSSR count). The van der Waals surface area contributed by atoms with Gasteiger partial charge >= 0.3 is 0 Å². The Hall–Kier alpha value is -5.14. The first-order chi connectivity index (χ1) is 23.9. The first-order valence-corrected chi connectivity index (χ1v) is 17.7. The second-order valence-electron chi connectivity index (χ2n) is 12.2. The zero-order valence-electron chi connectivity index (χ0n) is 30.5. The zero-order chi connectivity index (χ0) is 35.2. The fourth-order valence-electron chi connectivity index (χ4n) is 6.12. The quantitative estimate of drug-likeness (QED) is 0.115. The summed E-state index contributed by atoms with van der Waals surface area (Å²) in [6.07, 6.45) is 5.13. The highest BCUT2D eigenvalue weighted by molar-refractivity contribution is 6.85. The SMILES string of the molecule is C=C(/C=C\C)c1ccc(CC)cc1.CB(c1ccc(-c2ccccc2)cc1)c1ccccc1-c1ccc(C)c(-c2ccccc2C)c1.CC. The Morgan fingerprint density at radius 1 is 0.592 bits per heavy atom. The van der Waals surface area contributed by atoms with Crippen molar-refractivity contribution in [2.45, 2.75) is 54.8 Å². The summed E-state index contributed by atoms with van der Waals surface area (Å²) in [6.45, 7) is 19.2. The first-order valence-electron chi connectivity index (χ1n) is 17.7. The van der Waals surface area contributed by atoms with Crippen LogP contribution in [0, 0.1) is 13.8 Å². The molecule has 1 heteroatoms. The minimum atomic E-state index is 0.296. The maximum atomic E-state index is 3.98. The number of hydrogen-bond donors (Lipinski definition) is 0. The largest absolute Gasteiger partial charge is 0.207 e. The van der Waals surface area contributed by atoms with Gasteiger partial charge in [-0.25, -0.2) is 0 Å². The monoisotopic (exact) mass is 638 g/mol. The van der Waals surface area contributed by atoms with E-state index < -0.39 is 0 Å². The van der Waals surface area contributed by atoms with Crippen LogP contribution in [-0.2, 0) is 6.42 Å². The van der Waals surface area contributed by atoms with Crippen LogP contribution in [0.1, 0.15) is 49.9 Å². The molecule has 0 bridgehead atoms. The van der Waals surface area contributed by atoms with Crippen molar-refractivity contribution >= 4 is 23.2 Å². The maximum Gasteiger partial charge on any atom is 0.207 e. The molecule has 246 valence electrons. The highest BCUT2D eigenvalue weighted by Crippen LogP contribution is 2.31. The van der Waals surface area contributed by atoms with Crippen LogP contribution >= 0.6 is 0 Å². The van der Waals surface area contributed by atoms with Gasteiger partial charge in [-0.2, -0.15) is 0 Å². The van der Waals surface area contributed by atoms with Crippen LogP contribution in [-0.4, -0.2) is 6.71 Å². The van der Waals surface area contributed by atoms with Crippen LogP contribution in [0.15, 0.2) is 164 Å². The summed E-state index contributed by atoms with van der Waals surface area (Å²) in [6, 6.07) is 52.6. The van der Waals surface area contributed by atoms with Crippen LogP contribution in [0.4, 0.5) is 0 Å². The minimum Gasteiger partial charge on any atom is -0.0912 e. The van der Waals surface area contributed by atoms with Gasteiger partial charge in [0.2, 0.25) is 6.71 Å². The van der Waals surface area contributed by atoms with Crippen molar-refractivity contribution in [2.24, 2.45) is 0 Å². The molecule has 0 heterocycles. The van der Waals surface area contributed by atoms with E-state index in [0.717, 1.165) is 12.0 Å². The molecule has 0 saturated carbocycles. The molecule has 6 aromatic rings. The van der Waals surface area contributed by atoms with E-state index in [-0.39, 0.29) is 0 Å². The standard InChI is InChI=1S/C33H29B.C13H16.C2H6/c1-24-11-7-8-14-30(24)32-23-28(18-17-25(32)2)31-15-9-10-16-33(31)34(3)29-21-19-27(20-22-29)26-12-5-4-6-13-26;1-4-6-11(3)13-9-7-12(5-2)8-10-13;1-2/h4-23H,1-3H3;4,6-10H,3,5H2,1-2H3;1-2H3/b;6-4-;.